The minimum atomic E-state index is 0.507. The molecule has 118 valence electrons. The molecule has 0 radical (unpaired) electrons. The predicted octanol–water partition coefficient (Wildman–Crippen LogP) is 5.29. The quantitative estimate of drug-likeness (QED) is 0.750. The van der Waals surface area contributed by atoms with Crippen LogP contribution in [0.4, 0.5) is 17.5 Å². The lowest BCUT2D eigenvalue weighted by Crippen LogP contribution is -2.09. The van der Waals surface area contributed by atoms with Gasteiger partial charge in [0.25, 0.3) is 0 Å². The average molecular weight is 339 g/mol. The van der Waals surface area contributed by atoms with Gasteiger partial charge in [-0.25, -0.2) is 4.98 Å². The van der Waals surface area contributed by atoms with Crippen LogP contribution in [0.15, 0.2) is 24.3 Å². The number of benzene rings is 1. The van der Waals surface area contributed by atoms with E-state index in [1.54, 1.807) is 12.1 Å². The lowest BCUT2D eigenvalue weighted by molar-refractivity contribution is 0.606. The molecule has 4 nitrogen and oxygen atoms in total. The first-order chi connectivity index (χ1) is 10.4. The summed E-state index contributed by atoms with van der Waals surface area (Å²) < 4.78 is 0. The number of hydrogen-bond donors (Lipinski definition) is 2. The van der Waals surface area contributed by atoms with Gasteiger partial charge in [0.05, 0.1) is 10.0 Å². The van der Waals surface area contributed by atoms with Crippen molar-refractivity contribution < 1.29 is 0 Å². The number of aromatic nitrogens is 2. The van der Waals surface area contributed by atoms with E-state index in [-0.39, 0.29) is 0 Å². The molecule has 1 aromatic carbocycles. The van der Waals surface area contributed by atoms with Crippen molar-refractivity contribution in [3.63, 3.8) is 0 Å². The first-order valence-electron chi connectivity index (χ1n) is 7.25. The fourth-order valence-electron chi connectivity index (χ4n) is 1.91. The van der Waals surface area contributed by atoms with Gasteiger partial charge in [-0.3, -0.25) is 0 Å². The number of hydrogen-bond acceptors (Lipinski definition) is 4. The van der Waals surface area contributed by atoms with E-state index < -0.39 is 0 Å². The van der Waals surface area contributed by atoms with Gasteiger partial charge in [0, 0.05) is 24.0 Å². The van der Waals surface area contributed by atoms with Crippen LogP contribution in [0.5, 0.6) is 0 Å². The molecule has 0 aliphatic rings. The van der Waals surface area contributed by atoms with Gasteiger partial charge in [-0.15, -0.1) is 0 Å². The van der Waals surface area contributed by atoms with Crippen LogP contribution in [0.1, 0.15) is 26.0 Å². The summed E-state index contributed by atoms with van der Waals surface area (Å²) in [6.45, 7) is 7.18. The Morgan fingerprint density at radius 3 is 2.55 bits per heavy atom. The first-order valence-corrected chi connectivity index (χ1v) is 8.01. The van der Waals surface area contributed by atoms with Gasteiger partial charge in [-0.2, -0.15) is 4.98 Å². The van der Waals surface area contributed by atoms with Crippen molar-refractivity contribution in [2.45, 2.75) is 27.2 Å². The second kappa shape index (κ2) is 7.65. The Morgan fingerprint density at radius 2 is 1.86 bits per heavy atom. The maximum Gasteiger partial charge on any atom is 0.224 e. The number of aryl methyl sites for hydroxylation is 1. The van der Waals surface area contributed by atoms with Crippen LogP contribution < -0.4 is 10.6 Å². The molecule has 6 heteroatoms. The molecular weight excluding hydrogens is 319 g/mol. The molecule has 0 amide bonds. The van der Waals surface area contributed by atoms with Gasteiger partial charge in [0.1, 0.15) is 5.82 Å². The minimum Gasteiger partial charge on any atom is -0.354 e. The van der Waals surface area contributed by atoms with Crippen LogP contribution in [0.3, 0.4) is 0 Å². The average Bonchev–Trinajstić information content (AvgIpc) is 2.42. The van der Waals surface area contributed by atoms with Crippen molar-refractivity contribution in [2.75, 3.05) is 17.2 Å². The van der Waals surface area contributed by atoms with E-state index in [9.17, 15) is 0 Å². The highest BCUT2D eigenvalue weighted by molar-refractivity contribution is 6.42. The molecule has 0 saturated carbocycles. The third-order valence-corrected chi connectivity index (χ3v) is 3.79. The molecule has 2 rings (SSSR count). The Balaban J connectivity index is 2.10. The molecule has 0 fully saturated rings. The topological polar surface area (TPSA) is 49.8 Å². The van der Waals surface area contributed by atoms with Crippen LogP contribution in [0, 0.1) is 12.8 Å². The van der Waals surface area contributed by atoms with Gasteiger partial charge in [-0.05, 0) is 37.5 Å². The zero-order chi connectivity index (χ0) is 16.1. The third-order valence-electron chi connectivity index (χ3n) is 3.05. The van der Waals surface area contributed by atoms with E-state index in [1.807, 2.05) is 19.1 Å². The molecule has 0 spiro atoms. The Hall–Kier alpha value is -1.52. The molecule has 0 aliphatic carbocycles. The van der Waals surface area contributed by atoms with Crippen molar-refractivity contribution in [2.24, 2.45) is 5.92 Å². The number of halogens is 2. The Kier molecular flexibility index (Phi) is 5.86. The van der Waals surface area contributed by atoms with Crippen LogP contribution in [-0.4, -0.2) is 16.5 Å². The van der Waals surface area contributed by atoms with E-state index >= 15 is 0 Å². The summed E-state index contributed by atoms with van der Waals surface area (Å²) in [5, 5.41) is 7.51. The highest BCUT2D eigenvalue weighted by Gasteiger charge is 2.05. The van der Waals surface area contributed by atoms with Crippen molar-refractivity contribution >= 4 is 40.7 Å². The maximum absolute atomic E-state index is 6.02. The van der Waals surface area contributed by atoms with Crippen molar-refractivity contribution in [1.82, 2.24) is 9.97 Å². The number of anilines is 3. The Morgan fingerprint density at radius 1 is 1.09 bits per heavy atom. The SMILES string of the molecule is Cc1cc(Nc2ccc(Cl)c(Cl)c2)nc(NCCC(C)C)n1. The normalized spacial score (nSPS) is 10.8. The molecule has 1 heterocycles. The molecular formula is C16H20Cl2N4. The van der Waals surface area contributed by atoms with Gasteiger partial charge in [0.15, 0.2) is 0 Å². The molecule has 1 aromatic heterocycles. The second-order valence-corrected chi connectivity index (χ2v) is 6.40. The van der Waals surface area contributed by atoms with Crippen molar-refractivity contribution in [3.05, 3.63) is 40.0 Å². The maximum atomic E-state index is 6.02. The molecule has 0 atom stereocenters. The molecule has 0 saturated heterocycles. The van der Waals surface area contributed by atoms with Gasteiger partial charge < -0.3 is 10.6 Å². The summed E-state index contributed by atoms with van der Waals surface area (Å²) in [6.07, 6.45) is 1.08. The summed E-state index contributed by atoms with van der Waals surface area (Å²) in [5.41, 5.74) is 1.73. The Labute approximate surface area is 141 Å². The molecule has 2 aromatic rings. The number of nitrogens with zero attached hydrogens (tertiary/aromatic N) is 2. The fraction of sp³-hybridized carbons (Fsp3) is 0.375. The van der Waals surface area contributed by atoms with Gasteiger partial charge >= 0.3 is 0 Å². The van der Waals surface area contributed by atoms with Crippen molar-refractivity contribution in [3.8, 4) is 0 Å². The third kappa shape index (κ3) is 5.04. The van der Waals surface area contributed by atoms with Crippen LogP contribution in [0.2, 0.25) is 10.0 Å². The Bertz CT molecular complexity index is 644. The second-order valence-electron chi connectivity index (χ2n) is 5.58. The van der Waals surface area contributed by atoms with Crippen LogP contribution >= 0.6 is 23.2 Å². The largest absolute Gasteiger partial charge is 0.354 e. The zero-order valence-corrected chi connectivity index (χ0v) is 14.5. The molecule has 2 N–H and O–H groups in total. The molecule has 0 bridgehead atoms. The van der Waals surface area contributed by atoms with Crippen molar-refractivity contribution in [1.29, 1.82) is 0 Å². The lowest BCUT2D eigenvalue weighted by atomic mass is 10.1. The van der Waals surface area contributed by atoms with Crippen LogP contribution in [0.25, 0.3) is 0 Å². The summed E-state index contributed by atoms with van der Waals surface area (Å²) in [4.78, 5) is 8.86. The summed E-state index contributed by atoms with van der Waals surface area (Å²) >= 11 is 11.9. The van der Waals surface area contributed by atoms with Gasteiger partial charge in [0.2, 0.25) is 5.95 Å². The van der Waals surface area contributed by atoms with E-state index in [0.29, 0.717) is 21.9 Å². The summed E-state index contributed by atoms with van der Waals surface area (Å²) in [5.74, 6) is 1.99. The molecule has 0 aliphatic heterocycles. The number of rotatable bonds is 6. The van der Waals surface area contributed by atoms with E-state index in [4.69, 9.17) is 23.2 Å². The van der Waals surface area contributed by atoms with E-state index in [2.05, 4.69) is 34.4 Å². The number of nitrogens with one attached hydrogen (secondary N) is 2. The lowest BCUT2D eigenvalue weighted by Gasteiger charge is -2.11. The molecule has 0 unspecified atom stereocenters. The van der Waals surface area contributed by atoms with Gasteiger partial charge in [-0.1, -0.05) is 37.0 Å². The highest BCUT2D eigenvalue weighted by atomic mass is 35.5. The molecule has 22 heavy (non-hydrogen) atoms. The van der Waals surface area contributed by atoms with E-state index in [0.717, 1.165) is 30.2 Å². The smallest absolute Gasteiger partial charge is 0.224 e. The standard InChI is InChI=1S/C16H20Cl2N4/c1-10(2)6-7-19-16-20-11(3)8-15(22-16)21-12-4-5-13(17)14(18)9-12/h4-5,8-10H,6-7H2,1-3H3,(H2,19,20,21,22). The predicted molar refractivity (Wildman–Crippen MR) is 94.5 cm³/mol. The monoisotopic (exact) mass is 338 g/mol. The summed E-state index contributed by atoms with van der Waals surface area (Å²) in [6, 6.07) is 7.27. The fourth-order valence-corrected chi connectivity index (χ4v) is 2.20. The first kappa shape index (κ1) is 16.8. The van der Waals surface area contributed by atoms with E-state index in [1.165, 1.54) is 0 Å². The zero-order valence-electron chi connectivity index (χ0n) is 13.0. The minimum absolute atomic E-state index is 0.507. The summed E-state index contributed by atoms with van der Waals surface area (Å²) in [7, 11) is 0. The van der Waals surface area contributed by atoms with Crippen LogP contribution in [-0.2, 0) is 0 Å². The highest BCUT2D eigenvalue weighted by Crippen LogP contribution is 2.26.